The van der Waals surface area contributed by atoms with Crippen LogP contribution in [0.3, 0.4) is 0 Å². The third-order valence-corrected chi connectivity index (χ3v) is 8.37. The first-order valence-corrected chi connectivity index (χ1v) is 13.0. The summed E-state index contributed by atoms with van der Waals surface area (Å²) in [4.78, 5) is 25.2. The van der Waals surface area contributed by atoms with Crippen LogP contribution in [0.15, 0.2) is 59.5 Å². The number of nitrogens with zero attached hydrogens (tertiary/aromatic N) is 2. The molecule has 1 aliphatic rings. The molecule has 11 heteroatoms. The van der Waals surface area contributed by atoms with Crippen molar-refractivity contribution in [3.63, 3.8) is 0 Å². The maximum atomic E-state index is 13.5. The summed E-state index contributed by atoms with van der Waals surface area (Å²) in [5.41, 5.74) is 3.12. The van der Waals surface area contributed by atoms with Gasteiger partial charge in [-0.3, -0.25) is 4.79 Å². The van der Waals surface area contributed by atoms with Crippen LogP contribution in [0.1, 0.15) is 25.3 Å². The Morgan fingerprint density at radius 2 is 1.83 bits per heavy atom. The van der Waals surface area contributed by atoms with E-state index in [9.17, 15) is 28.2 Å². The zero-order valence-electron chi connectivity index (χ0n) is 19.8. The van der Waals surface area contributed by atoms with Crippen molar-refractivity contribution < 1.29 is 37.7 Å². The van der Waals surface area contributed by atoms with Crippen LogP contribution >= 0.6 is 0 Å². The van der Waals surface area contributed by atoms with Gasteiger partial charge in [0.25, 0.3) is 5.91 Å². The number of nitrogens with one attached hydrogen (secondary N) is 1. The van der Waals surface area contributed by atoms with Gasteiger partial charge in [-0.25, -0.2) is 13.2 Å². The second kappa shape index (κ2) is 11.1. The molecule has 2 amide bonds. The van der Waals surface area contributed by atoms with E-state index in [-0.39, 0.29) is 43.1 Å². The summed E-state index contributed by atoms with van der Waals surface area (Å²) in [6.45, 7) is 1.79. The summed E-state index contributed by atoms with van der Waals surface area (Å²) in [6.07, 6.45) is -2.17. The average molecular weight is 507 g/mol. The molecule has 0 radical (unpaired) electrons. The monoisotopic (exact) mass is 506 g/mol. The molecule has 3 rings (SSSR count). The van der Waals surface area contributed by atoms with Gasteiger partial charge < -0.3 is 14.9 Å². The second-order valence-electron chi connectivity index (χ2n) is 8.52. The summed E-state index contributed by atoms with van der Waals surface area (Å²) in [5.74, 6) is -0.469. The molecule has 1 aliphatic heterocycles. The fourth-order valence-corrected chi connectivity index (χ4v) is 6.44. The molecule has 3 N–H and O–H groups in total. The number of rotatable bonds is 10. The number of methoxy groups -OCH3 is 1. The van der Waals surface area contributed by atoms with Crippen molar-refractivity contribution in [2.75, 3.05) is 26.7 Å². The molecular formula is C24H32N3O7S+. The summed E-state index contributed by atoms with van der Waals surface area (Å²) in [6, 6.07) is 15.2. The standard InChI is InChI=1S/C24H31N3O7S/c1-3-14-26(23(29)20(28)16-18-9-5-4-6-10-18)27(25-24(30)31)15-13-19(17-27)35(32,33)22-12-8-7-11-21(22)34-2/h4-12,19-20,25,28H,3,13-17H2,1-2H3/p+1/t19-,20+,27?/m0/s1. The van der Waals surface area contributed by atoms with E-state index in [4.69, 9.17) is 4.74 Å². The third kappa shape index (κ3) is 5.75. The molecule has 0 saturated carbocycles. The smallest absolute Gasteiger partial charge is 0.451 e. The van der Waals surface area contributed by atoms with E-state index in [0.29, 0.717) is 6.42 Å². The minimum Gasteiger partial charge on any atom is -0.495 e. The number of hydrogen-bond donors (Lipinski definition) is 3. The highest BCUT2D eigenvalue weighted by molar-refractivity contribution is 7.92. The van der Waals surface area contributed by atoms with Crippen LogP contribution in [0, 0.1) is 0 Å². The predicted molar refractivity (Wildman–Crippen MR) is 128 cm³/mol. The van der Waals surface area contributed by atoms with Crippen molar-refractivity contribution in [1.29, 1.82) is 0 Å². The highest BCUT2D eigenvalue weighted by Crippen LogP contribution is 2.33. The maximum absolute atomic E-state index is 13.5. The van der Waals surface area contributed by atoms with Crippen LogP contribution in [-0.4, -0.2) is 78.4 Å². The Morgan fingerprint density at radius 3 is 2.46 bits per heavy atom. The number of benzene rings is 2. The molecule has 0 spiro atoms. The molecule has 0 bridgehead atoms. The van der Waals surface area contributed by atoms with E-state index in [0.717, 1.165) is 5.56 Å². The molecule has 1 unspecified atom stereocenters. The van der Waals surface area contributed by atoms with Crippen LogP contribution < -0.4 is 10.2 Å². The SMILES string of the molecule is CCCN(C(=O)[C@H](O)Cc1ccccc1)[N+]1(NC(=O)O)CC[C@H](S(=O)(=O)c2ccccc2OC)C1. The Morgan fingerprint density at radius 1 is 1.17 bits per heavy atom. The molecule has 2 aromatic carbocycles. The van der Waals surface area contributed by atoms with E-state index >= 15 is 0 Å². The summed E-state index contributed by atoms with van der Waals surface area (Å²) < 4.78 is 31.6. The number of ether oxygens (including phenoxy) is 1. The van der Waals surface area contributed by atoms with Crippen LogP contribution in [0.25, 0.3) is 0 Å². The average Bonchev–Trinajstić information content (AvgIpc) is 3.27. The van der Waals surface area contributed by atoms with Gasteiger partial charge in [0.1, 0.15) is 35.1 Å². The molecule has 35 heavy (non-hydrogen) atoms. The maximum Gasteiger partial charge on any atom is 0.451 e. The number of carbonyl (C=O) groups excluding carboxylic acids is 1. The Bertz CT molecular complexity index is 1140. The van der Waals surface area contributed by atoms with Gasteiger partial charge in [0.05, 0.1) is 13.7 Å². The Balaban J connectivity index is 1.93. The molecule has 1 fully saturated rings. The van der Waals surface area contributed by atoms with E-state index in [1.165, 1.54) is 18.2 Å². The normalized spacial score (nSPS) is 20.7. The molecule has 1 heterocycles. The van der Waals surface area contributed by atoms with Gasteiger partial charge >= 0.3 is 6.09 Å². The lowest BCUT2D eigenvalue weighted by molar-refractivity contribution is -1.04. The molecule has 1 saturated heterocycles. The van der Waals surface area contributed by atoms with E-state index in [1.54, 1.807) is 42.5 Å². The zero-order valence-corrected chi connectivity index (χ0v) is 20.6. The number of amides is 2. The van der Waals surface area contributed by atoms with Crippen molar-refractivity contribution in [1.82, 2.24) is 10.4 Å². The van der Waals surface area contributed by atoms with Crippen molar-refractivity contribution in [2.45, 2.75) is 42.4 Å². The molecule has 0 aliphatic carbocycles. The fraction of sp³-hybridized carbons (Fsp3) is 0.417. The summed E-state index contributed by atoms with van der Waals surface area (Å²) in [5, 5.41) is 20.6. The minimum absolute atomic E-state index is 0.0142. The highest BCUT2D eigenvalue weighted by atomic mass is 32.2. The van der Waals surface area contributed by atoms with Gasteiger partial charge in [-0.2, -0.15) is 5.01 Å². The Hall–Kier alpha value is -3.15. The molecule has 3 atom stereocenters. The first-order chi connectivity index (χ1) is 16.6. The predicted octanol–water partition coefficient (Wildman–Crippen LogP) is 2.00. The Labute approximate surface area is 205 Å². The van der Waals surface area contributed by atoms with E-state index in [2.05, 4.69) is 5.43 Å². The number of carbonyl (C=O) groups is 2. The highest BCUT2D eigenvalue weighted by Gasteiger charge is 2.53. The number of para-hydroxylation sites is 1. The number of aliphatic hydroxyl groups excluding tert-OH is 1. The second-order valence-corrected chi connectivity index (χ2v) is 10.7. The largest absolute Gasteiger partial charge is 0.495 e. The van der Waals surface area contributed by atoms with E-state index in [1.807, 2.05) is 13.0 Å². The Kier molecular flexibility index (Phi) is 8.36. The van der Waals surface area contributed by atoms with Crippen LogP contribution in [0.4, 0.5) is 4.79 Å². The van der Waals surface area contributed by atoms with Crippen LogP contribution in [0.5, 0.6) is 5.75 Å². The van der Waals surface area contributed by atoms with E-state index < -0.39 is 37.9 Å². The summed E-state index contributed by atoms with van der Waals surface area (Å²) in [7, 11) is -2.53. The number of aliphatic hydroxyl groups is 1. The molecule has 10 nitrogen and oxygen atoms in total. The minimum atomic E-state index is -3.91. The number of quaternary nitrogens is 1. The quantitative estimate of drug-likeness (QED) is 0.420. The van der Waals surface area contributed by atoms with Gasteiger partial charge in [0.15, 0.2) is 9.84 Å². The number of carboxylic acid groups (broad SMARTS) is 1. The van der Waals surface area contributed by atoms with Gasteiger partial charge in [0.2, 0.25) is 0 Å². The lowest BCUT2D eigenvalue weighted by atomic mass is 10.1. The lowest BCUT2D eigenvalue weighted by Gasteiger charge is -2.41. The van der Waals surface area contributed by atoms with Gasteiger partial charge in [-0.05, 0) is 24.1 Å². The molecule has 190 valence electrons. The first-order valence-electron chi connectivity index (χ1n) is 11.4. The molecule has 0 aromatic heterocycles. The first kappa shape index (κ1) is 26.5. The van der Waals surface area contributed by atoms with Crippen molar-refractivity contribution >= 4 is 21.8 Å². The van der Waals surface area contributed by atoms with Crippen molar-refractivity contribution in [3.8, 4) is 5.75 Å². The molecular weight excluding hydrogens is 474 g/mol. The van der Waals surface area contributed by atoms with Gasteiger partial charge in [-0.1, -0.05) is 49.4 Å². The van der Waals surface area contributed by atoms with Crippen LogP contribution in [0.2, 0.25) is 0 Å². The molecule has 2 aromatic rings. The zero-order chi connectivity index (χ0) is 25.6. The summed E-state index contributed by atoms with van der Waals surface area (Å²) >= 11 is 0. The van der Waals surface area contributed by atoms with Crippen LogP contribution in [-0.2, 0) is 21.1 Å². The number of sulfone groups is 1. The van der Waals surface area contributed by atoms with Crippen molar-refractivity contribution in [3.05, 3.63) is 60.2 Å². The number of hydrogen-bond acceptors (Lipinski definition) is 6. The van der Waals surface area contributed by atoms with Gasteiger partial charge in [-0.15, -0.1) is 10.1 Å². The van der Waals surface area contributed by atoms with Crippen molar-refractivity contribution in [2.24, 2.45) is 0 Å². The van der Waals surface area contributed by atoms with Gasteiger partial charge in [0, 0.05) is 12.8 Å². The third-order valence-electron chi connectivity index (χ3n) is 6.15. The topological polar surface area (TPSA) is 133 Å². The lowest BCUT2D eigenvalue weighted by Crippen LogP contribution is -2.71. The fourth-order valence-electron chi connectivity index (χ4n) is 4.52.